The van der Waals surface area contributed by atoms with E-state index in [-0.39, 0.29) is 11.5 Å². The van der Waals surface area contributed by atoms with Crippen molar-refractivity contribution in [3.63, 3.8) is 0 Å². The highest BCUT2D eigenvalue weighted by molar-refractivity contribution is 5.71. The molecule has 0 radical (unpaired) electrons. The zero-order chi connectivity index (χ0) is 13.7. The van der Waals surface area contributed by atoms with E-state index in [1.165, 1.54) is 0 Å². The van der Waals surface area contributed by atoms with Crippen LogP contribution in [0.1, 0.15) is 26.2 Å². The molecule has 2 fully saturated rings. The fraction of sp³-hybridized carbons (Fsp3) is 0.929. The van der Waals surface area contributed by atoms with Crippen molar-refractivity contribution < 1.29 is 14.3 Å². The largest absolute Gasteiger partial charge is 0.466 e. The van der Waals surface area contributed by atoms with Crippen molar-refractivity contribution in [2.45, 2.75) is 31.7 Å². The van der Waals surface area contributed by atoms with Gasteiger partial charge in [-0.2, -0.15) is 0 Å². The van der Waals surface area contributed by atoms with Gasteiger partial charge >= 0.3 is 5.97 Å². The first kappa shape index (κ1) is 14.8. The van der Waals surface area contributed by atoms with Crippen LogP contribution in [0.15, 0.2) is 0 Å². The summed E-state index contributed by atoms with van der Waals surface area (Å²) in [6, 6.07) is 0. The Kier molecular flexibility index (Phi) is 5.19. The van der Waals surface area contributed by atoms with Gasteiger partial charge in [0.25, 0.3) is 0 Å². The van der Waals surface area contributed by atoms with Gasteiger partial charge in [0.05, 0.1) is 26.2 Å². The van der Waals surface area contributed by atoms with E-state index in [1.807, 2.05) is 6.92 Å². The lowest BCUT2D eigenvalue weighted by Gasteiger charge is -2.49. The minimum atomic E-state index is -0.0569. The Bertz CT molecular complexity index is 295. The lowest BCUT2D eigenvalue weighted by Crippen LogP contribution is -2.58. The maximum Gasteiger partial charge on any atom is 0.307 e. The lowest BCUT2D eigenvalue weighted by molar-refractivity contribution is -0.149. The van der Waals surface area contributed by atoms with E-state index in [2.05, 4.69) is 16.8 Å². The van der Waals surface area contributed by atoms with Gasteiger partial charge in [-0.05, 0) is 39.9 Å². The Morgan fingerprint density at radius 1 is 1.21 bits per heavy atom. The third-order valence-electron chi connectivity index (χ3n) is 4.38. The van der Waals surface area contributed by atoms with Gasteiger partial charge in [-0.1, -0.05) is 0 Å². The first-order valence-corrected chi connectivity index (χ1v) is 7.33. The van der Waals surface area contributed by atoms with Crippen molar-refractivity contribution in [3.05, 3.63) is 0 Å². The van der Waals surface area contributed by atoms with Crippen LogP contribution in [-0.2, 0) is 14.3 Å². The molecule has 0 aromatic carbocycles. The van der Waals surface area contributed by atoms with Gasteiger partial charge in [0.2, 0.25) is 0 Å². The molecular weight excluding hydrogens is 244 g/mol. The van der Waals surface area contributed by atoms with Gasteiger partial charge in [0.1, 0.15) is 0 Å². The molecule has 0 aromatic heterocycles. The van der Waals surface area contributed by atoms with Crippen LogP contribution in [0.3, 0.4) is 0 Å². The maximum absolute atomic E-state index is 11.9. The molecule has 2 saturated heterocycles. The number of hydrogen-bond acceptors (Lipinski definition) is 5. The van der Waals surface area contributed by atoms with E-state index >= 15 is 0 Å². The van der Waals surface area contributed by atoms with Gasteiger partial charge in [-0.15, -0.1) is 0 Å². The average molecular weight is 270 g/mol. The second-order valence-electron chi connectivity index (χ2n) is 5.61. The second-order valence-corrected chi connectivity index (χ2v) is 5.61. The normalized spacial score (nSPS) is 25.2. The highest BCUT2D eigenvalue weighted by Crippen LogP contribution is 2.33. The quantitative estimate of drug-likeness (QED) is 0.705. The van der Waals surface area contributed by atoms with Crippen LogP contribution in [0, 0.1) is 0 Å². The summed E-state index contributed by atoms with van der Waals surface area (Å²) in [6.45, 7) is 7.87. The molecule has 2 aliphatic heterocycles. The number of rotatable bonds is 4. The minimum absolute atomic E-state index is 0.0114. The Labute approximate surface area is 115 Å². The monoisotopic (exact) mass is 270 g/mol. The molecule has 2 rings (SSSR count). The van der Waals surface area contributed by atoms with E-state index in [9.17, 15) is 4.79 Å². The van der Waals surface area contributed by atoms with Crippen molar-refractivity contribution in [1.82, 2.24) is 9.80 Å². The summed E-state index contributed by atoms with van der Waals surface area (Å²) in [5.74, 6) is -0.0569. The topological polar surface area (TPSA) is 42.0 Å². The summed E-state index contributed by atoms with van der Waals surface area (Å²) < 4.78 is 10.6. The molecule has 0 spiro atoms. The van der Waals surface area contributed by atoms with Crippen molar-refractivity contribution in [2.24, 2.45) is 0 Å². The fourth-order valence-electron chi connectivity index (χ4n) is 3.16. The third-order valence-corrected chi connectivity index (χ3v) is 4.38. The van der Waals surface area contributed by atoms with E-state index in [4.69, 9.17) is 9.47 Å². The SMILES string of the molecule is CCOC(=O)CC1(N2CCOCC2)CCN(C)CC1. The predicted octanol–water partition coefficient (Wildman–Crippen LogP) is 0.736. The number of morpholine rings is 1. The molecule has 0 unspecified atom stereocenters. The smallest absolute Gasteiger partial charge is 0.307 e. The Balaban J connectivity index is 2.05. The number of piperidine rings is 1. The summed E-state index contributed by atoms with van der Waals surface area (Å²) in [6.07, 6.45) is 2.61. The fourth-order valence-corrected chi connectivity index (χ4v) is 3.16. The highest BCUT2D eigenvalue weighted by atomic mass is 16.5. The number of likely N-dealkylation sites (tertiary alicyclic amines) is 1. The molecule has 0 aliphatic carbocycles. The lowest BCUT2D eigenvalue weighted by atomic mass is 9.82. The van der Waals surface area contributed by atoms with E-state index < -0.39 is 0 Å². The van der Waals surface area contributed by atoms with Crippen molar-refractivity contribution in [2.75, 3.05) is 53.0 Å². The van der Waals surface area contributed by atoms with Crippen LogP contribution < -0.4 is 0 Å². The number of carbonyl (C=O) groups excluding carboxylic acids is 1. The molecule has 110 valence electrons. The molecule has 0 atom stereocenters. The van der Waals surface area contributed by atoms with Crippen LogP contribution in [0.4, 0.5) is 0 Å². The standard InChI is InChI=1S/C14H26N2O3/c1-3-19-13(17)12-14(4-6-15(2)7-5-14)16-8-10-18-11-9-16/h3-12H2,1-2H3. The maximum atomic E-state index is 11.9. The number of nitrogens with zero attached hydrogens (tertiary/aromatic N) is 2. The summed E-state index contributed by atoms with van der Waals surface area (Å²) in [5.41, 5.74) is -0.0114. The molecule has 0 aromatic rings. The minimum Gasteiger partial charge on any atom is -0.466 e. The number of esters is 1. The van der Waals surface area contributed by atoms with Gasteiger partial charge in [-0.3, -0.25) is 9.69 Å². The number of carbonyl (C=O) groups is 1. The molecule has 5 heteroatoms. The third kappa shape index (κ3) is 3.68. The average Bonchev–Trinajstić information content (AvgIpc) is 2.43. The van der Waals surface area contributed by atoms with Gasteiger partial charge < -0.3 is 14.4 Å². The summed E-state index contributed by atoms with van der Waals surface area (Å²) in [5, 5.41) is 0. The van der Waals surface area contributed by atoms with Crippen molar-refractivity contribution >= 4 is 5.97 Å². The van der Waals surface area contributed by atoms with E-state index in [1.54, 1.807) is 0 Å². The Hall–Kier alpha value is -0.650. The van der Waals surface area contributed by atoms with Gasteiger partial charge in [0.15, 0.2) is 0 Å². The van der Waals surface area contributed by atoms with Crippen molar-refractivity contribution in [3.8, 4) is 0 Å². The zero-order valence-electron chi connectivity index (χ0n) is 12.2. The van der Waals surface area contributed by atoms with E-state index in [0.29, 0.717) is 13.0 Å². The van der Waals surface area contributed by atoms with Crippen LogP contribution >= 0.6 is 0 Å². The molecule has 0 N–H and O–H groups in total. The molecule has 0 saturated carbocycles. The van der Waals surface area contributed by atoms with Crippen LogP contribution in [0.2, 0.25) is 0 Å². The zero-order valence-corrected chi connectivity index (χ0v) is 12.2. The van der Waals surface area contributed by atoms with Gasteiger partial charge in [-0.25, -0.2) is 0 Å². The van der Waals surface area contributed by atoms with Crippen LogP contribution in [0.5, 0.6) is 0 Å². The highest BCUT2D eigenvalue weighted by Gasteiger charge is 2.41. The van der Waals surface area contributed by atoms with E-state index in [0.717, 1.165) is 52.2 Å². The number of ether oxygens (including phenoxy) is 2. The molecule has 5 nitrogen and oxygen atoms in total. The Morgan fingerprint density at radius 2 is 1.84 bits per heavy atom. The summed E-state index contributed by atoms with van der Waals surface area (Å²) in [7, 11) is 2.15. The first-order valence-electron chi connectivity index (χ1n) is 7.33. The molecule has 2 heterocycles. The van der Waals surface area contributed by atoms with Crippen LogP contribution in [-0.4, -0.2) is 74.4 Å². The molecular formula is C14H26N2O3. The van der Waals surface area contributed by atoms with Crippen LogP contribution in [0.25, 0.3) is 0 Å². The first-order chi connectivity index (χ1) is 9.16. The molecule has 19 heavy (non-hydrogen) atoms. The molecule has 2 aliphatic rings. The summed E-state index contributed by atoms with van der Waals surface area (Å²) >= 11 is 0. The summed E-state index contributed by atoms with van der Waals surface area (Å²) in [4.78, 5) is 16.7. The van der Waals surface area contributed by atoms with Crippen molar-refractivity contribution in [1.29, 1.82) is 0 Å². The number of hydrogen-bond donors (Lipinski definition) is 0. The second kappa shape index (κ2) is 6.68. The Morgan fingerprint density at radius 3 is 2.42 bits per heavy atom. The van der Waals surface area contributed by atoms with Gasteiger partial charge in [0, 0.05) is 18.6 Å². The predicted molar refractivity (Wildman–Crippen MR) is 73.1 cm³/mol. The molecule has 0 amide bonds. The molecule has 0 bridgehead atoms.